The van der Waals surface area contributed by atoms with Crippen molar-refractivity contribution in [3.05, 3.63) is 215 Å². The van der Waals surface area contributed by atoms with Crippen LogP contribution in [0.25, 0.3) is 0 Å². The van der Waals surface area contributed by atoms with Crippen molar-refractivity contribution >= 4 is 36.2 Å². The standard InChI is InChI=1S/C100H119B2N13/c1-4-23-60(24-5-1)109-80-54-69-70-49-57(76-39-10-12-43-103-76)51-81-89(70)101(72-35-15-30-64(84(69)72)85(80)68-34-19-47-107-96(68)109)73-36-16-31-65-86-71-50-59(55-108-97(71)112(62-27-8-3-9-28-62)98(86)113(81)93(65)73)56-22-14-29-63(48-56)111-79-42-21-46-106-92(79)88-67-33-18-38-75-95(67)115(100(88)111)83-53-58(77-40-11-13-44-104-77)52-82-90(83)102(75)74-37-17-32-66-87-91-78(41-20-45-105-91)110(61-25-6-2-7-26-61)99(87)114(82)94(66)74/h1-14,22-29,39-40,43-44,48,57-59,64-75,78-85,89-97,105-108H,15-21,30-38,41-42,45-47,49-55H2. The molecular weight excluding hydrogens is 1400 g/mol. The zero-order valence-electron chi connectivity index (χ0n) is 67.5. The average molecular weight is 1520 g/mol. The Bertz CT molecular complexity index is 4890. The van der Waals surface area contributed by atoms with Gasteiger partial charge in [0.1, 0.15) is 17.5 Å². The van der Waals surface area contributed by atoms with E-state index in [4.69, 9.17) is 9.97 Å². The van der Waals surface area contributed by atoms with Crippen LogP contribution in [0.2, 0.25) is 34.9 Å². The van der Waals surface area contributed by atoms with Gasteiger partial charge >= 0.3 is 0 Å². The fourth-order valence-electron chi connectivity index (χ4n) is 36.0. The Morgan fingerprint density at radius 3 is 1.46 bits per heavy atom. The largest absolute Gasteiger partial charge is 0.352 e. The lowest BCUT2D eigenvalue weighted by atomic mass is 9.14. The van der Waals surface area contributed by atoms with Gasteiger partial charge in [-0.05, 0) is 288 Å². The van der Waals surface area contributed by atoms with Crippen LogP contribution < -0.4 is 40.9 Å². The minimum atomic E-state index is 0.242. The van der Waals surface area contributed by atoms with Crippen LogP contribution in [0.3, 0.4) is 0 Å². The molecule has 28 rings (SSSR count). The van der Waals surface area contributed by atoms with Crippen LogP contribution in [0, 0.1) is 59.2 Å². The van der Waals surface area contributed by atoms with Crippen LogP contribution in [0.15, 0.2) is 198 Å². The molecule has 17 heterocycles. The number of fused-ring (bicyclic) bond motifs is 24. The molecule has 13 nitrogen and oxygen atoms in total. The molecule has 4 N–H and O–H groups in total. The van der Waals surface area contributed by atoms with Crippen LogP contribution in [0.5, 0.6) is 0 Å². The summed E-state index contributed by atoms with van der Waals surface area (Å²) in [4.78, 5) is 32.9. The Morgan fingerprint density at radius 2 is 0.835 bits per heavy atom. The molecule has 7 saturated carbocycles. The van der Waals surface area contributed by atoms with E-state index in [2.05, 4.69) is 220 Å². The topological polar surface area (TPSA) is 96.6 Å². The molecule has 9 saturated heterocycles. The van der Waals surface area contributed by atoms with Gasteiger partial charge < -0.3 is 44.9 Å². The lowest BCUT2D eigenvalue weighted by Gasteiger charge is -2.69. The maximum absolute atomic E-state index is 5.43. The van der Waals surface area contributed by atoms with E-state index in [0.717, 1.165) is 98.3 Å². The number of rotatable bonds is 7. The Balaban J connectivity index is 0.549. The summed E-state index contributed by atoms with van der Waals surface area (Å²) in [6, 6.07) is 65.8. The molecule has 115 heavy (non-hydrogen) atoms. The summed E-state index contributed by atoms with van der Waals surface area (Å²) < 4.78 is 0. The molecule has 6 aromatic rings. The molecule has 7 aliphatic carbocycles. The maximum atomic E-state index is 5.43. The second-order valence-electron chi connectivity index (χ2n) is 42.0. The zero-order chi connectivity index (χ0) is 74.3. The van der Waals surface area contributed by atoms with Crippen molar-refractivity contribution in [2.24, 2.45) is 59.2 Å². The summed E-state index contributed by atoms with van der Waals surface area (Å²) in [6.07, 6.45) is 37.2. The van der Waals surface area contributed by atoms with E-state index >= 15 is 0 Å². The molecule has 15 aliphatic heterocycles. The van der Waals surface area contributed by atoms with E-state index in [-0.39, 0.29) is 6.17 Å². The average Bonchev–Trinajstić information content (AvgIpc) is 1.53. The molecule has 16 fully saturated rings. The Morgan fingerprint density at radius 1 is 0.322 bits per heavy atom. The monoisotopic (exact) mass is 1520 g/mol. The lowest BCUT2D eigenvalue weighted by Crippen LogP contribution is -2.73. The van der Waals surface area contributed by atoms with E-state index in [0.29, 0.717) is 126 Å². The van der Waals surface area contributed by atoms with E-state index in [1.165, 1.54) is 188 Å². The molecule has 32 unspecified atom stereocenters. The number of nitrogens with zero attached hydrogens (tertiary/aromatic N) is 9. The summed E-state index contributed by atoms with van der Waals surface area (Å²) in [5.41, 5.74) is 15.7. The molecule has 0 radical (unpaired) electrons. The first kappa shape index (κ1) is 67.8. The van der Waals surface area contributed by atoms with Gasteiger partial charge in [0.05, 0.1) is 36.5 Å². The van der Waals surface area contributed by atoms with Gasteiger partial charge in [-0.25, -0.2) is 0 Å². The zero-order valence-corrected chi connectivity index (χ0v) is 67.5. The minimum absolute atomic E-state index is 0.242. The fraction of sp³-hybridized carbons (Fsp3) is 0.600. The first-order chi connectivity index (χ1) is 57.1. The van der Waals surface area contributed by atoms with E-state index < -0.39 is 0 Å². The van der Waals surface area contributed by atoms with Gasteiger partial charge in [-0.1, -0.05) is 136 Å². The molecule has 590 valence electrons. The van der Waals surface area contributed by atoms with Gasteiger partial charge in [-0.15, -0.1) is 0 Å². The summed E-state index contributed by atoms with van der Waals surface area (Å²) in [5, 5.41) is 17.6. The van der Waals surface area contributed by atoms with Gasteiger partial charge in [-0.3, -0.25) is 20.6 Å². The third kappa shape index (κ3) is 9.25. The van der Waals surface area contributed by atoms with Crippen molar-refractivity contribution < 1.29 is 0 Å². The lowest BCUT2D eigenvalue weighted by molar-refractivity contribution is -0.0488. The maximum Gasteiger partial charge on any atom is 0.159 e. The second kappa shape index (κ2) is 25.8. The predicted molar refractivity (Wildman–Crippen MR) is 460 cm³/mol. The van der Waals surface area contributed by atoms with Gasteiger partial charge in [-0.2, -0.15) is 0 Å². The second-order valence-corrected chi connectivity index (χ2v) is 42.0. The number of aromatic nitrogens is 2. The van der Waals surface area contributed by atoms with E-state index in [1.807, 2.05) is 16.7 Å². The molecular formula is C100H119B2N13. The van der Waals surface area contributed by atoms with E-state index in [9.17, 15) is 0 Å². The number of hydrogen-bond donors (Lipinski definition) is 4. The fourth-order valence-corrected chi connectivity index (χ4v) is 36.0. The van der Waals surface area contributed by atoms with Crippen LogP contribution in [-0.4, -0.2) is 143 Å². The molecule has 4 aromatic carbocycles. The smallest absolute Gasteiger partial charge is 0.159 e. The third-order valence-electron chi connectivity index (χ3n) is 38.5. The van der Waals surface area contributed by atoms with Gasteiger partial charge in [0.2, 0.25) is 0 Å². The number of nitrogens with one attached hydrogen (secondary N) is 4. The number of benzene rings is 4. The van der Waals surface area contributed by atoms with Crippen LogP contribution in [0.1, 0.15) is 189 Å². The molecule has 15 heteroatoms. The Hall–Kier alpha value is -7.03. The SMILES string of the molecule is c1ccc(N2C3=C(C4CCCC5B6C7CCCC8C9=C(N(c%10cccc(C%11CNC%12C(C%11)C%11=C(N%12c%12ccccc%12)N%12C%13CC(c%14ccccn%14)CC%14C%15CC%16C(C%17CCCC(B(C%18CCCC%11C%18%12)C%14%13)C%15%17)C%11CCCNC%11N%16c%11ccccc%11)c%10)C%10CCCNC9%10)N(C9CC(c%10ccccn%10)CC(C69)N3C54)C78)C3NCCCC32)cc1. The summed E-state index contributed by atoms with van der Waals surface area (Å²) in [6.45, 7) is 6.03. The van der Waals surface area contributed by atoms with Gasteiger partial charge in [0, 0.05) is 131 Å². The highest BCUT2D eigenvalue weighted by Gasteiger charge is 2.76. The van der Waals surface area contributed by atoms with Crippen LogP contribution >= 0.6 is 0 Å². The number of hydrogen-bond acceptors (Lipinski definition) is 13. The molecule has 0 bridgehead atoms. The Kier molecular flexibility index (Phi) is 15.2. The highest BCUT2D eigenvalue weighted by Crippen LogP contribution is 2.76. The Labute approximate surface area is 683 Å². The first-order valence-electron chi connectivity index (χ1n) is 47.9. The van der Waals surface area contributed by atoms with Crippen molar-refractivity contribution in [3.63, 3.8) is 0 Å². The number of piperidine rings is 4. The summed E-state index contributed by atoms with van der Waals surface area (Å²) in [5.74, 6) is 17.7. The molecule has 0 spiro atoms. The highest BCUT2D eigenvalue weighted by atomic mass is 15.5. The number of anilines is 4. The van der Waals surface area contributed by atoms with Crippen molar-refractivity contribution in [2.45, 2.75) is 286 Å². The van der Waals surface area contributed by atoms with Crippen LogP contribution in [-0.2, 0) is 0 Å². The van der Waals surface area contributed by atoms with Crippen LogP contribution in [0.4, 0.5) is 22.7 Å². The molecule has 0 amide bonds. The molecule has 32 atom stereocenters. The van der Waals surface area contributed by atoms with Gasteiger partial charge in [0.15, 0.2) is 13.4 Å². The third-order valence-corrected chi connectivity index (χ3v) is 38.5. The summed E-state index contributed by atoms with van der Waals surface area (Å²) in [7, 11) is 0. The number of pyridine rings is 2. The predicted octanol–water partition coefficient (Wildman–Crippen LogP) is 17.1. The molecule has 22 aliphatic rings. The summed E-state index contributed by atoms with van der Waals surface area (Å²) >= 11 is 0. The van der Waals surface area contributed by atoms with Crippen molar-refractivity contribution in [1.82, 2.24) is 45.9 Å². The van der Waals surface area contributed by atoms with Crippen molar-refractivity contribution in [2.75, 3.05) is 45.8 Å². The number of para-hydroxylation sites is 3. The highest BCUT2D eigenvalue weighted by molar-refractivity contribution is 6.66. The van der Waals surface area contributed by atoms with Gasteiger partial charge in [0.25, 0.3) is 0 Å². The minimum Gasteiger partial charge on any atom is -0.352 e. The molecule has 2 aromatic heterocycles. The van der Waals surface area contributed by atoms with Crippen molar-refractivity contribution in [1.29, 1.82) is 0 Å². The first-order valence-corrected chi connectivity index (χ1v) is 47.9. The van der Waals surface area contributed by atoms with Crippen molar-refractivity contribution in [3.8, 4) is 0 Å². The normalized spacial score (nSPS) is 44.5. The quantitative estimate of drug-likeness (QED) is 0.114. The van der Waals surface area contributed by atoms with E-state index in [1.54, 1.807) is 23.0 Å².